The van der Waals surface area contributed by atoms with Crippen molar-refractivity contribution in [3.8, 4) is 0 Å². The third-order valence-electron chi connectivity index (χ3n) is 4.63. The van der Waals surface area contributed by atoms with Crippen LogP contribution < -0.4 is 4.90 Å². The van der Waals surface area contributed by atoms with Crippen molar-refractivity contribution in [1.29, 1.82) is 0 Å². The summed E-state index contributed by atoms with van der Waals surface area (Å²) in [6.07, 6.45) is 4.99. The van der Waals surface area contributed by atoms with E-state index in [0.29, 0.717) is 24.6 Å². The molecule has 8 heteroatoms. The highest BCUT2D eigenvalue weighted by Gasteiger charge is 2.38. The summed E-state index contributed by atoms with van der Waals surface area (Å²) in [5, 5.41) is 13.7. The Balaban J connectivity index is 1.48. The topological polar surface area (TPSA) is 71.2 Å². The van der Waals surface area contributed by atoms with Gasteiger partial charge in [0.1, 0.15) is 11.4 Å². The molecule has 0 aromatic carbocycles. The number of hydrogen-bond acceptors (Lipinski definition) is 4. The minimum absolute atomic E-state index is 0.147. The van der Waals surface area contributed by atoms with E-state index in [-0.39, 0.29) is 24.4 Å². The monoisotopic (exact) mass is 348 g/mol. The fourth-order valence-corrected chi connectivity index (χ4v) is 3.16. The number of alkyl halides is 2. The van der Waals surface area contributed by atoms with Gasteiger partial charge in [-0.1, -0.05) is 6.07 Å². The highest BCUT2D eigenvalue weighted by molar-refractivity contribution is 5.89. The maximum Gasteiger partial charge on any atom is 0.339 e. The Labute approximate surface area is 143 Å². The highest BCUT2D eigenvalue weighted by atomic mass is 19.3. The van der Waals surface area contributed by atoms with Crippen LogP contribution in [0.15, 0.2) is 24.5 Å². The first-order valence-electron chi connectivity index (χ1n) is 8.30. The number of carboxylic acid groups (broad SMARTS) is 1. The first-order chi connectivity index (χ1) is 11.9. The summed E-state index contributed by atoms with van der Waals surface area (Å²) < 4.78 is 28.2. The van der Waals surface area contributed by atoms with E-state index in [1.165, 1.54) is 0 Å². The first-order valence-corrected chi connectivity index (χ1v) is 8.30. The summed E-state index contributed by atoms with van der Waals surface area (Å²) >= 11 is 0. The molecule has 25 heavy (non-hydrogen) atoms. The third kappa shape index (κ3) is 3.33. The molecule has 0 amide bonds. The Bertz CT molecular complexity index is 799. The lowest BCUT2D eigenvalue weighted by atomic mass is 10.2. The molecule has 1 saturated carbocycles. The standard InChI is InChI=1S/C17H18F2N4O2/c18-17(19)5-6-22(10-17)14-4-1-11(7-20-14)8-23-9-13(16(24)25)15(21-23)12-2-3-12/h1,4,7,9,12H,2-3,5-6,8,10H2,(H,24,25). The minimum atomic E-state index is -2.65. The van der Waals surface area contributed by atoms with Gasteiger partial charge in [-0.05, 0) is 24.5 Å². The molecular formula is C17H18F2N4O2. The van der Waals surface area contributed by atoms with Crippen LogP contribution in [0.3, 0.4) is 0 Å². The molecule has 6 nitrogen and oxygen atoms in total. The van der Waals surface area contributed by atoms with Gasteiger partial charge in [0.05, 0.1) is 18.8 Å². The number of rotatable bonds is 5. The second kappa shape index (κ2) is 5.79. The predicted molar refractivity (Wildman–Crippen MR) is 86.3 cm³/mol. The number of anilines is 1. The molecule has 2 aliphatic rings. The van der Waals surface area contributed by atoms with E-state index in [4.69, 9.17) is 0 Å². The summed E-state index contributed by atoms with van der Waals surface area (Å²) in [6.45, 7) is 0.396. The Morgan fingerprint density at radius 1 is 1.36 bits per heavy atom. The van der Waals surface area contributed by atoms with Crippen molar-refractivity contribution in [1.82, 2.24) is 14.8 Å². The summed E-state index contributed by atoms with van der Waals surface area (Å²) in [5.74, 6) is -2.82. The number of aromatic nitrogens is 3. The number of hydrogen-bond donors (Lipinski definition) is 1. The molecule has 4 rings (SSSR count). The van der Waals surface area contributed by atoms with Crippen LogP contribution in [-0.4, -0.2) is 44.9 Å². The molecule has 0 unspecified atom stereocenters. The molecule has 1 aliphatic carbocycles. The SMILES string of the molecule is O=C(O)c1cn(Cc2ccc(N3CCC(F)(F)C3)nc2)nc1C1CC1. The lowest BCUT2D eigenvalue weighted by Crippen LogP contribution is -2.25. The van der Waals surface area contributed by atoms with Gasteiger partial charge in [0.15, 0.2) is 0 Å². The van der Waals surface area contributed by atoms with Gasteiger partial charge in [0, 0.05) is 31.3 Å². The maximum atomic E-state index is 13.3. The van der Waals surface area contributed by atoms with Crippen molar-refractivity contribution in [2.45, 2.75) is 37.6 Å². The number of halogens is 2. The van der Waals surface area contributed by atoms with Crippen LogP contribution in [0.5, 0.6) is 0 Å². The van der Waals surface area contributed by atoms with E-state index in [2.05, 4.69) is 10.1 Å². The van der Waals surface area contributed by atoms with Crippen molar-refractivity contribution >= 4 is 11.8 Å². The van der Waals surface area contributed by atoms with Gasteiger partial charge < -0.3 is 10.0 Å². The molecule has 2 aromatic heterocycles. The minimum Gasteiger partial charge on any atom is -0.478 e. The third-order valence-corrected chi connectivity index (χ3v) is 4.63. The average Bonchev–Trinajstić information content (AvgIpc) is 3.22. The zero-order valence-electron chi connectivity index (χ0n) is 13.5. The summed E-state index contributed by atoms with van der Waals surface area (Å²) in [7, 11) is 0. The lowest BCUT2D eigenvalue weighted by molar-refractivity contribution is 0.0256. The van der Waals surface area contributed by atoms with Crippen LogP contribution in [0.1, 0.15) is 46.8 Å². The molecule has 132 valence electrons. The Morgan fingerprint density at radius 3 is 2.72 bits per heavy atom. The van der Waals surface area contributed by atoms with E-state index >= 15 is 0 Å². The molecule has 1 aliphatic heterocycles. The summed E-state index contributed by atoms with van der Waals surface area (Å²) in [4.78, 5) is 17.2. The maximum absolute atomic E-state index is 13.3. The average molecular weight is 348 g/mol. The molecular weight excluding hydrogens is 330 g/mol. The van der Waals surface area contributed by atoms with E-state index in [9.17, 15) is 18.7 Å². The van der Waals surface area contributed by atoms with Crippen LogP contribution in [-0.2, 0) is 6.54 Å². The molecule has 1 saturated heterocycles. The zero-order chi connectivity index (χ0) is 17.6. The second-order valence-corrected chi connectivity index (χ2v) is 6.76. The van der Waals surface area contributed by atoms with Crippen molar-refractivity contribution in [3.05, 3.63) is 41.3 Å². The fraction of sp³-hybridized carbons (Fsp3) is 0.471. The second-order valence-electron chi connectivity index (χ2n) is 6.76. The number of aromatic carboxylic acids is 1. The van der Waals surface area contributed by atoms with E-state index in [1.54, 1.807) is 28.0 Å². The zero-order valence-corrected chi connectivity index (χ0v) is 13.5. The molecule has 2 aromatic rings. The smallest absolute Gasteiger partial charge is 0.339 e. The fourth-order valence-electron chi connectivity index (χ4n) is 3.16. The Morgan fingerprint density at radius 2 is 2.16 bits per heavy atom. The number of nitrogens with zero attached hydrogens (tertiary/aromatic N) is 4. The van der Waals surface area contributed by atoms with E-state index in [0.717, 1.165) is 18.4 Å². The van der Waals surface area contributed by atoms with Crippen molar-refractivity contribution in [3.63, 3.8) is 0 Å². The lowest BCUT2D eigenvalue weighted by Gasteiger charge is -2.17. The molecule has 1 N–H and O–H groups in total. The number of carboxylic acids is 1. The molecule has 3 heterocycles. The number of carbonyl (C=O) groups is 1. The van der Waals surface area contributed by atoms with Crippen LogP contribution in [0.4, 0.5) is 14.6 Å². The molecule has 0 bridgehead atoms. The van der Waals surface area contributed by atoms with Gasteiger partial charge in [0.2, 0.25) is 0 Å². The van der Waals surface area contributed by atoms with Gasteiger partial charge in [0.25, 0.3) is 5.92 Å². The van der Waals surface area contributed by atoms with Gasteiger partial charge in [-0.3, -0.25) is 4.68 Å². The van der Waals surface area contributed by atoms with E-state index in [1.807, 2.05) is 6.07 Å². The largest absolute Gasteiger partial charge is 0.478 e. The van der Waals surface area contributed by atoms with Crippen LogP contribution in [0.25, 0.3) is 0 Å². The summed E-state index contributed by atoms with van der Waals surface area (Å²) in [5.41, 5.74) is 1.75. The molecule has 2 fully saturated rings. The van der Waals surface area contributed by atoms with Crippen LogP contribution in [0.2, 0.25) is 0 Å². The quantitative estimate of drug-likeness (QED) is 0.900. The normalized spacial score (nSPS) is 19.4. The molecule has 0 atom stereocenters. The van der Waals surface area contributed by atoms with Crippen molar-refractivity contribution in [2.24, 2.45) is 0 Å². The van der Waals surface area contributed by atoms with Gasteiger partial charge in [-0.25, -0.2) is 18.6 Å². The van der Waals surface area contributed by atoms with Crippen LogP contribution >= 0.6 is 0 Å². The Kier molecular flexibility index (Phi) is 3.70. The van der Waals surface area contributed by atoms with Crippen LogP contribution in [0, 0.1) is 0 Å². The van der Waals surface area contributed by atoms with Crippen molar-refractivity contribution < 1.29 is 18.7 Å². The van der Waals surface area contributed by atoms with E-state index < -0.39 is 11.9 Å². The van der Waals surface area contributed by atoms with Gasteiger partial charge in [-0.2, -0.15) is 5.10 Å². The number of pyridine rings is 1. The molecule has 0 radical (unpaired) electrons. The predicted octanol–water partition coefficient (Wildman–Crippen LogP) is 2.75. The first kappa shape index (κ1) is 16.0. The summed E-state index contributed by atoms with van der Waals surface area (Å²) in [6, 6.07) is 3.54. The highest BCUT2D eigenvalue weighted by Crippen LogP contribution is 2.40. The van der Waals surface area contributed by atoms with Crippen molar-refractivity contribution in [2.75, 3.05) is 18.0 Å². The Hall–Kier alpha value is -2.51. The van der Waals surface area contributed by atoms with Gasteiger partial charge >= 0.3 is 5.97 Å². The van der Waals surface area contributed by atoms with Gasteiger partial charge in [-0.15, -0.1) is 0 Å². The molecule has 0 spiro atoms.